The molecule has 0 spiro atoms. The summed E-state index contributed by atoms with van der Waals surface area (Å²) in [6.45, 7) is 5.62. The first-order valence-electron chi connectivity index (χ1n) is 12.2. The molecule has 3 aromatic carbocycles. The van der Waals surface area contributed by atoms with Crippen LogP contribution < -0.4 is 10.6 Å². The summed E-state index contributed by atoms with van der Waals surface area (Å²) in [7, 11) is 0. The van der Waals surface area contributed by atoms with Crippen molar-refractivity contribution in [2.45, 2.75) is 64.6 Å². The number of hydrogen-bond donors (Lipinski definition) is 2. The van der Waals surface area contributed by atoms with Gasteiger partial charge in [0, 0.05) is 21.5 Å². The van der Waals surface area contributed by atoms with Crippen LogP contribution in [-0.2, 0) is 13.1 Å². The number of nitrogens with zero attached hydrogens (tertiary/aromatic N) is 1. The zero-order valence-electron chi connectivity index (χ0n) is 20.7. The van der Waals surface area contributed by atoms with Gasteiger partial charge in [0.25, 0.3) is 0 Å². The maximum Gasteiger partial charge on any atom is 0.192 e. The topological polar surface area (TPSA) is 36.4 Å². The Hall–Kier alpha value is -1.70. The number of guanidine groups is 1. The third kappa shape index (κ3) is 8.15. The summed E-state index contributed by atoms with van der Waals surface area (Å²) in [6, 6.07) is 19.9. The number of aryl methyl sites for hydroxylation is 2. The van der Waals surface area contributed by atoms with Gasteiger partial charge in [-0.1, -0.05) is 62.5 Å². The van der Waals surface area contributed by atoms with Crippen LogP contribution in [-0.4, -0.2) is 12.0 Å². The van der Waals surface area contributed by atoms with Crippen LogP contribution in [0.5, 0.6) is 0 Å². The average Bonchev–Trinajstić information content (AvgIpc) is 2.83. The van der Waals surface area contributed by atoms with Crippen molar-refractivity contribution < 1.29 is 4.39 Å². The lowest BCUT2D eigenvalue weighted by molar-refractivity contribution is 0.368. The summed E-state index contributed by atoms with van der Waals surface area (Å²) >= 11 is 7.10. The molecule has 4 rings (SSSR count). The van der Waals surface area contributed by atoms with Crippen molar-refractivity contribution in [3.05, 3.63) is 103 Å². The molecule has 2 unspecified atom stereocenters. The van der Waals surface area contributed by atoms with E-state index in [1.54, 1.807) is 12.1 Å². The molecule has 2 atom stereocenters. The summed E-state index contributed by atoms with van der Waals surface area (Å²) in [6.07, 6.45) is 4.40. The van der Waals surface area contributed by atoms with Crippen LogP contribution in [0.3, 0.4) is 0 Å². The molecular weight excluding hydrogens is 649 g/mol. The summed E-state index contributed by atoms with van der Waals surface area (Å²) in [4.78, 5) is 4.94. The van der Waals surface area contributed by atoms with Crippen molar-refractivity contribution in [1.29, 1.82) is 0 Å². The Balaban J connectivity index is 0.00000361. The van der Waals surface area contributed by atoms with Crippen LogP contribution in [0.4, 0.5) is 4.39 Å². The highest BCUT2D eigenvalue weighted by molar-refractivity contribution is 9.10. The maximum atomic E-state index is 13.4. The molecule has 3 nitrogen and oxygen atoms in total. The van der Waals surface area contributed by atoms with Crippen LogP contribution in [0.2, 0.25) is 0 Å². The normalized spacial score (nSPS) is 17.9. The van der Waals surface area contributed by atoms with Crippen LogP contribution in [0.15, 0.2) is 74.6 Å². The van der Waals surface area contributed by atoms with Crippen molar-refractivity contribution in [2.24, 2.45) is 4.99 Å². The molecule has 0 aliphatic heterocycles. The first-order chi connectivity index (χ1) is 16.9. The summed E-state index contributed by atoms with van der Waals surface area (Å²) < 4.78 is 15.6. The molecule has 192 valence electrons. The number of aliphatic imine (C=N–C) groups is 1. The third-order valence-corrected chi connectivity index (χ3v) is 7.77. The van der Waals surface area contributed by atoms with Crippen molar-refractivity contribution in [3.63, 3.8) is 0 Å². The number of halogens is 4. The molecule has 2 N–H and O–H groups in total. The van der Waals surface area contributed by atoms with Crippen molar-refractivity contribution >= 4 is 54.8 Å². The molecule has 1 saturated carbocycles. The highest BCUT2D eigenvalue weighted by Crippen LogP contribution is 2.33. The van der Waals surface area contributed by atoms with Gasteiger partial charge in [-0.3, -0.25) is 0 Å². The molecule has 1 fully saturated rings. The number of benzene rings is 3. The molecular formula is C29H33Br3FN3. The zero-order valence-corrected chi connectivity index (χ0v) is 25.5. The van der Waals surface area contributed by atoms with Gasteiger partial charge >= 0.3 is 0 Å². The van der Waals surface area contributed by atoms with Gasteiger partial charge in [-0.05, 0) is 103 Å². The molecule has 0 heterocycles. The Morgan fingerprint density at radius 3 is 2.28 bits per heavy atom. The molecule has 3 aromatic rings. The SMILES string of the molecule is Br.Cc1cc(Br)cc(C)c1CNC(=NCc1ccc(Br)cc1)NC1CCCC(c2ccc(F)cc2)C1. The Morgan fingerprint density at radius 1 is 0.944 bits per heavy atom. The first-order valence-corrected chi connectivity index (χ1v) is 13.8. The van der Waals surface area contributed by atoms with Gasteiger partial charge in [0.1, 0.15) is 5.82 Å². The van der Waals surface area contributed by atoms with Gasteiger partial charge in [-0.2, -0.15) is 0 Å². The highest BCUT2D eigenvalue weighted by atomic mass is 79.9. The van der Waals surface area contributed by atoms with Gasteiger partial charge in [0.15, 0.2) is 5.96 Å². The predicted molar refractivity (Wildman–Crippen MR) is 161 cm³/mol. The fourth-order valence-corrected chi connectivity index (χ4v) is 5.81. The molecule has 0 radical (unpaired) electrons. The Kier molecular flexibility index (Phi) is 11.0. The summed E-state index contributed by atoms with van der Waals surface area (Å²) in [5.41, 5.74) is 6.19. The minimum atomic E-state index is -0.177. The minimum absolute atomic E-state index is 0. The molecule has 0 bridgehead atoms. The van der Waals surface area contributed by atoms with E-state index in [0.29, 0.717) is 25.0 Å². The van der Waals surface area contributed by atoms with Gasteiger partial charge in [0.05, 0.1) is 6.54 Å². The molecule has 1 aliphatic carbocycles. The minimum Gasteiger partial charge on any atom is -0.354 e. The number of hydrogen-bond acceptors (Lipinski definition) is 1. The van der Waals surface area contributed by atoms with E-state index in [2.05, 4.69) is 80.6 Å². The van der Waals surface area contributed by atoms with Gasteiger partial charge in [-0.25, -0.2) is 9.38 Å². The third-order valence-electron chi connectivity index (χ3n) is 6.78. The van der Waals surface area contributed by atoms with E-state index >= 15 is 0 Å². The fraction of sp³-hybridized carbons (Fsp3) is 0.345. The maximum absolute atomic E-state index is 13.4. The fourth-order valence-electron chi connectivity index (χ4n) is 4.86. The second kappa shape index (κ2) is 13.7. The molecule has 0 aromatic heterocycles. The second-order valence-corrected chi connectivity index (χ2v) is 11.3. The quantitative estimate of drug-likeness (QED) is 0.202. The van der Waals surface area contributed by atoms with Gasteiger partial charge in [0.2, 0.25) is 0 Å². The molecule has 0 amide bonds. The summed E-state index contributed by atoms with van der Waals surface area (Å²) in [5, 5.41) is 7.31. The summed E-state index contributed by atoms with van der Waals surface area (Å²) in [5.74, 6) is 1.09. The van der Waals surface area contributed by atoms with Crippen LogP contribution >= 0.6 is 48.8 Å². The van der Waals surface area contributed by atoms with Crippen molar-refractivity contribution in [3.8, 4) is 0 Å². The smallest absolute Gasteiger partial charge is 0.192 e. The second-order valence-electron chi connectivity index (χ2n) is 9.42. The monoisotopic (exact) mass is 679 g/mol. The lowest BCUT2D eigenvalue weighted by atomic mass is 9.81. The van der Waals surface area contributed by atoms with Crippen LogP contribution in [0.1, 0.15) is 59.4 Å². The molecule has 36 heavy (non-hydrogen) atoms. The van der Waals surface area contributed by atoms with E-state index in [4.69, 9.17) is 4.99 Å². The van der Waals surface area contributed by atoms with E-state index in [9.17, 15) is 4.39 Å². The van der Waals surface area contributed by atoms with E-state index < -0.39 is 0 Å². The van der Waals surface area contributed by atoms with Crippen molar-refractivity contribution in [2.75, 3.05) is 0 Å². The van der Waals surface area contributed by atoms with E-state index in [0.717, 1.165) is 46.2 Å². The molecule has 0 saturated heterocycles. The lowest BCUT2D eigenvalue weighted by Gasteiger charge is -2.31. The number of nitrogens with one attached hydrogen (secondary N) is 2. The zero-order chi connectivity index (χ0) is 24.8. The van der Waals surface area contributed by atoms with Gasteiger partial charge < -0.3 is 10.6 Å². The molecule has 1 aliphatic rings. The Labute approximate surface area is 241 Å². The molecule has 7 heteroatoms. The average molecular weight is 682 g/mol. The predicted octanol–water partition coefficient (Wildman–Crippen LogP) is 8.51. The van der Waals surface area contributed by atoms with Crippen LogP contribution in [0, 0.1) is 19.7 Å². The first kappa shape index (κ1) is 28.9. The highest BCUT2D eigenvalue weighted by Gasteiger charge is 2.24. The van der Waals surface area contributed by atoms with Crippen molar-refractivity contribution in [1.82, 2.24) is 10.6 Å². The number of rotatable bonds is 6. The largest absolute Gasteiger partial charge is 0.354 e. The van der Waals surface area contributed by atoms with E-state index in [-0.39, 0.29) is 22.8 Å². The Bertz CT molecular complexity index is 1140. The van der Waals surface area contributed by atoms with Gasteiger partial charge in [-0.15, -0.1) is 17.0 Å². The lowest BCUT2D eigenvalue weighted by Crippen LogP contribution is -2.45. The Morgan fingerprint density at radius 2 is 1.61 bits per heavy atom. The van der Waals surface area contributed by atoms with E-state index in [1.807, 2.05) is 24.3 Å². The van der Waals surface area contributed by atoms with E-state index in [1.165, 1.54) is 22.3 Å². The standard InChI is InChI=1S/C29H32Br2FN3.BrH/c1-19-14-25(31)15-20(2)28(19)18-34-29(33-17-21-6-10-24(30)11-7-21)35-27-5-3-4-23(16-27)22-8-12-26(32)13-9-22;/h6-15,23,27H,3-5,16-18H2,1-2H3,(H2,33,34,35);1H. The van der Waals surface area contributed by atoms with Crippen LogP contribution in [0.25, 0.3) is 0 Å².